The summed E-state index contributed by atoms with van der Waals surface area (Å²) >= 11 is 10.8. The Morgan fingerprint density at radius 3 is 2.58 bits per heavy atom. The molecule has 4 nitrogen and oxygen atoms in total. The van der Waals surface area contributed by atoms with Crippen LogP contribution in [0, 0.1) is 5.41 Å². The molecule has 1 amide bonds. The second-order valence-corrected chi connectivity index (χ2v) is 10.5. The van der Waals surface area contributed by atoms with Gasteiger partial charge in [0.25, 0.3) is 0 Å². The number of carbonyl (C=O) groups is 1. The monoisotopic (exact) mass is 561 g/mol. The number of rotatable bonds is 8. The molecule has 3 rings (SSSR count). The SMILES string of the molecule is CSCCCC1(C)CN(CC(=O)Nc2ccc(C(F)(F)F)c(Br)c2)N=C1c1ccc(Cl)cc1. The third-order valence-corrected chi connectivity index (χ3v) is 7.03. The van der Waals surface area contributed by atoms with Gasteiger partial charge < -0.3 is 5.32 Å². The average Bonchev–Trinajstić information content (AvgIpc) is 3.03. The number of carbonyl (C=O) groups excluding carboxylic acids is 1. The number of alkyl halides is 3. The topological polar surface area (TPSA) is 44.7 Å². The lowest BCUT2D eigenvalue weighted by Gasteiger charge is -2.26. The van der Waals surface area contributed by atoms with Gasteiger partial charge in [-0.05, 0) is 60.7 Å². The lowest BCUT2D eigenvalue weighted by Crippen LogP contribution is -2.34. The molecule has 0 aliphatic carbocycles. The summed E-state index contributed by atoms with van der Waals surface area (Å²) in [5.74, 6) is 0.682. The molecule has 1 atom stereocenters. The Kier molecular flexibility index (Phi) is 8.40. The largest absolute Gasteiger partial charge is 0.417 e. The molecular weight excluding hydrogens is 539 g/mol. The van der Waals surface area contributed by atoms with Crippen LogP contribution in [0.15, 0.2) is 52.0 Å². The van der Waals surface area contributed by atoms with Gasteiger partial charge in [-0.2, -0.15) is 30.0 Å². The fourth-order valence-electron chi connectivity index (χ4n) is 3.87. The van der Waals surface area contributed by atoms with Crippen molar-refractivity contribution in [3.8, 4) is 0 Å². The zero-order chi connectivity index (χ0) is 24.2. The van der Waals surface area contributed by atoms with Crippen LogP contribution in [-0.4, -0.2) is 41.7 Å². The van der Waals surface area contributed by atoms with Crippen molar-refractivity contribution in [3.05, 3.63) is 63.1 Å². The Morgan fingerprint density at radius 2 is 1.97 bits per heavy atom. The van der Waals surface area contributed by atoms with Crippen molar-refractivity contribution in [1.29, 1.82) is 0 Å². The molecule has 0 aromatic heterocycles. The van der Waals surface area contributed by atoms with Crippen LogP contribution in [0.25, 0.3) is 0 Å². The molecule has 1 aliphatic heterocycles. The number of benzene rings is 2. The van der Waals surface area contributed by atoms with Crippen molar-refractivity contribution >= 4 is 56.6 Å². The van der Waals surface area contributed by atoms with Crippen molar-refractivity contribution in [2.24, 2.45) is 10.5 Å². The van der Waals surface area contributed by atoms with Gasteiger partial charge in [0.2, 0.25) is 5.91 Å². The number of nitrogens with one attached hydrogen (secondary N) is 1. The van der Waals surface area contributed by atoms with Crippen LogP contribution in [0.1, 0.15) is 30.9 Å². The minimum atomic E-state index is -4.47. The van der Waals surface area contributed by atoms with Crippen molar-refractivity contribution < 1.29 is 18.0 Å². The van der Waals surface area contributed by atoms with Crippen molar-refractivity contribution in [2.45, 2.75) is 25.9 Å². The third kappa shape index (κ3) is 6.67. The number of nitrogens with zero attached hydrogens (tertiary/aromatic N) is 2. The molecule has 0 fully saturated rings. The predicted octanol–water partition coefficient (Wildman–Crippen LogP) is 6.93. The van der Waals surface area contributed by atoms with E-state index in [1.165, 1.54) is 12.1 Å². The van der Waals surface area contributed by atoms with Crippen LogP contribution >= 0.6 is 39.3 Å². The predicted molar refractivity (Wildman–Crippen MR) is 133 cm³/mol. The number of anilines is 1. The Labute approximate surface area is 209 Å². The maximum atomic E-state index is 12.9. The van der Waals surface area contributed by atoms with E-state index in [0.29, 0.717) is 11.6 Å². The van der Waals surface area contributed by atoms with Gasteiger partial charge in [0.15, 0.2) is 0 Å². The molecule has 1 unspecified atom stereocenters. The van der Waals surface area contributed by atoms with Gasteiger partial charge in [0.05, 0.1) is 11.3 Å². The summed E-state index contributed by atoms with van der Waals surface area (Å²) in [7, 11) is 0. The van der Waals surface area contributed by atoms with E-state index in [9.17, 15) is 18.0 Å². The highest BCUT2D eigenvalue weighted by Gasteiger charge is 2.39. The minimum Gasteiger partial charge on any atom is -0.324 e. The van der Waals surface area contributed by atoms with E-state index in [2.05, 4.69) is 34.4 Å². The maximum absolute atomic E-state index is 12.9. The smallest absolute Gasteiger partial charge is 0.324 e. The molecule has 0 saturated heterocycles. The van der Waals surface area contributed by atoms with E-state index in [0.717, 1.165) is 35.9 Å². The second-order valence-electron chi connectivity index (χ2n) is 8.18. The van der Waals surface area contributed by atoms with E-state index < -0.39 is 11.7 Å². The Hall–Kier alpha value is -1.71. The van der Waals surface area contributed by atoms with Crippen molar-refractivity contribution in [3.63, 3.8) is 0 Å². The normalized spacial score (nSPS) is 18.4. The van der Waals surface area contributed by atoms with Crippen LogP contribution in [-0.2, 0) is 11.0 Å². The number of hydrazone groups is 1. The summed E-state index contributed by atoms with van der Waals surface area (Å²) in [6, 6.07) is 10.9. The summed E-state index contributed by atoms with van der Waals surface area (Å²) in [5.41, 5.74) is 1.12. The maximum Gasteiger partial charge on any atom is 0.417 e. The molecule has 178 valence electrons. The molecule has 0 spiro atoms. The summed E-state index contributed by atoms with van der Waals surface area (Å²) in [5, 5.41) is 9.77. The number of thioether (sulfide) groups is 1. The summed E-state index contributed by atoms with van der Waals surface area (Å²) in [6.07, 6.45) is -0.463. The zero-order valence-corrected chi connectivity index (χ0v) is 21.3. The molecule has 1 aliphatic rings. The molecule has 2 aromatic carbocycles. The van der Waals surface area contributed by atoms with Gasteiger partial charge >= 0.3 is 6.18 Å². The quantitative estimate of drug-likeness (QED) is 0.355. The number of hydrogen-bond acceptors (Lipinski definition) is 4. The second kappa shape index (κ2) is 10.7. The van der Waals surface area contributed by atoms with E-state index in [4.69, 9.17) is 16.7 Å². The number of hydrogen-bond donors (Lipinski definition) is 1. The molecule has 2 aromatic rings. The van der Waals surface area contributed by atoms with E-state index in [1.54, 1.807) is 16.8 Å². The van der Waals surface area contributed by atoms with E-state index in [1.807, 2.05) is 24.3 Å². The summed E-state index contributed by atoms with van der Waals surface area (Å²) in [4.78, 5) is 12.6. The molecule has 1 heterocycles. The van der Waals surface area contributed by atoms with Crippen LogP contribution < -0.4 is 5.32 Å². The van der Waals surface area contributed by atoms with Crippen molar-refractivity contribution in [1.82, 2.24) is 5.01 Å². The lowest BCUT2D eigenvalue weighted by molar-refractivity contribution is -0.138. The first kappa shape index (κ1) is 25.9. The van der Waals surface area contributed by atoms with Gasteiger partial charge in [-0.25, -0.2) is 0 Å². The molecular formula is C23H24BrClF3N3OS. The fourth-order valence-corrected chi connectivity index (χ4v) is 5.04. The van der Waals surface area contributed by atoms with Crippen LogP contribution in [0.5, 0.6) is 0 Å². The first-order chi connectivity index (χ1) is 15.5. The highest BCUT2D eigenvalue weighted by Crippen LogP contribution is 2.37. The van der Waals surface area contributed by atoms with Crippen molar-refractivity contribution in [2.75, 3.05) is 30.4 Å². The molecule has 0 radical (unpaired) electrons. The molecule has 10 heteroatoms. The summed E-state index contributed by atoms with van der Waals surface area (Å²) in [6.45, 7) is 2.71. The average molecular weight is 563 g/mol. The molecule has 1 N–H and O–H groups in total. The van der Waals surface area contributed by atoms with Crippen LogP contribution in [0.4, 0.5) is 18.9 Å². The number of halogens is 5. The van der Waals surface area contributed by atoms with Gasteiger partial charge in [-0.15, -0.1) is 0 Å². The molecule has 0 bridgehead atoms. The zero-order valence-electron chi connectivity index (χ0n) is 18.2. The first-order valence-electron chi connectivity index (χ1n) is 10.3. The first-order valence-corrected chi connectivity index (χ1v) is 12.8. The van der Waals surface area contributed by atoms with Gasteiger partial charge in [-0.3, -0.25) is 9.80 Å². The standard InChI is InChI=1S/C23H24BrClF3N3OS/c1-22(10-3-11-33-2)14-31(30-21(22)15-4-6-16(25)7-5-15)13-20(32)29-17-8-9-18(19(24)12-17)23(26,27)28/h4-9,12H,3,10-11,13-14H2,1-2H3,(H,29,32). The Morgan fingerprint density at radius 1 is 1.27 bits per heavy atom. The van der Waals surface area contributed by atoms with Crippen LogP contribution in [0.2, 0.25) is 5.02 Å². The third-order valence-electron chi connectivity index (χ3n) is 5.42. The minimum absolute atomic E-state index is 0.00610. The lowest BCUT2D eigenvalue weighted by atomic mass is 9.78. The number of amides is 1. The van der Waals surface area contributed by atoms with E-state index in [-0.39, 0.29) is 28.0 Å². The van der Waals surface area contributed by atoms with Gasteiger partial charge in [0, 0.05) is 27.1 Å². The summed E-state index contributed by atoms with van der Waals surface area (Å²) < 4.78 is 38.7. The fraction of sp³-hybridized carbons (Fsp3) is 0.391. The highest BCUT2D eigenvalue weighted by molar-refractivity contribution is 9.10. The van der Waals surface area contributed by atoms with Crippen LogP contribution in [0.3, 0.4) is 0 Å². The highest BCUT2D eigenvalue weighted by atomic mass is 79.9. The van der Waals surface area contributed by atoms with Gasteiger partial charge in [-0.1, -0.05) is 46.6 Å². The van der Waals surface area contributed by atoms with E-state index >= 15 is 0 Å². The molecule has 0 saturated carbocycles. The Balaban J connectivity index is 1.74. The molecule has 33 heavy (non-hydrogen) atoms. The van der Waals surface area contributed by atoms with Gasteiger partial charge in [0.1, 0.15) is 6.54 Å². The Bertz CT molecular complexity index is 1030.